The Balaban J connectivity index is 2.63. The van der Waals surface area contributed by atoms with Crippen LogP contribution in [0.15, 0.2) is 12.3 Å². The Labute approximate surface area is 102 Å². The molecule has 1 unspecified atom stereocenters. The molecule has 0 radical (unpaired) electrons. The van der Waals surface area contributed by atoms with Gasteiger partial charge in [-0.3, -0.25) is 4.57 Å². The van der Waals surface area contributed by atoms with Crippen molar-refractivity contribution in [3.63, 3.8) is 0 Å². The van der Waals surface area contributed by atoms with Crippen molar-refractivity contribution in [2.24, 2.45) is 5.92 Å². The molecule has 92 valence electrons. The fourth-order valence-corrected chi connectivity index (χ4v) is 2.38. The van der Waals surface area contributed by atoms with Crippen molar-refractivity contribution in [1.82, 2.24) is 14.5 Å². The second-order valence-electron chi connectivity index (χ2n) is 4.92. The lowest BCUT2D eigenvalue weighted by atomic mass is 10.0. The van der Waals surface area contributed by atoms with Crippen LogP contribution in [0.4, 0.5) is 5.95 Å². The van der Waals surface area contributed by atoms with Crippen molar-refractivity contribution in [3.05, 3.63) is 17.8 Å². The summed E-state index contributed by atoms with van der Waals surface area (Å²) in [6, 6.07) is 2.39. The molecular formula is C13H20N4. The number of aromatic nitrogens is 3. The molecule has 0 aromatic carbocycles. The molecule has 0 bridgehead atoms. The van der Waals surface area contributed by atoms with E-state index < -0.39 is 0 Å². The summed E-state index contributed by atoms with van der Waals surface area (Å²) in [6.45, 7) is 8.59. The number of nitrogens with two attached hydrogens (primary N) is 1. The Morgan fingerprint density at radius 2 is 2.12 bits per heavy atom. The summed E-state index contributed by atoms with van der Waals surface area (Å²) in [5, 5.41) is 0. The first-order valence-electron chi connectivity index (χ1n) is 6.14. The van der Waals surface area contributed by atoms with Gasteiger partial charge in [-0.15, -0.1) is 0 Å². The zero-order valence-electron chi connectivity index (χ0n) is 10.9. The third kappa shape index (κ3) is 1.99. The van der Waals surface area contributed by atoms with E-state index in [1.807, 2.05) is 19.2 Å². The van der Waals surface area contributed by atoms with Crippen molar-refractivity contribution < 1.29 is 0 Å². The number of anilines is 1. The van der Waals surface area contributed by atoms with Gasteiger partial charge in [0, 0.05) is 12.2 Å². The van der Waals surface area contributed by atoms with Gasteiger partial charge in [-0.25, -0.2) is 9.97 Å². The monoisotopic (exact) mass is 232 g/mol. The third-order valence-electron chi connectivity index (χ3n) is 3.21. The second-order valence-corrected chi connectivity index (χ2v) is 4.92. The number of aryl methyl sites for hydroxylation is 1. The quantitative estimate of drug-likeness (QED) is 0.885. The first-order valence-corrected chi connectivity index (χ1v) is 6.14. The van der Waals surface area contributed by atoms with Crippen molar-refractivity contribution in [3.8, 4) is 0 Å². The molecule has 2 heterocycles. The van der Waals surface area contributed by atoms with Gasteiger partial charge in [0.2, 0.25) is 5.95 Å². The van der Waals surface area contributed by atoms with E-state index in [2.05, 4.69) is 35.3 Å². The number of pyridine rings is 1. The van der Waals surface area contributed by atoms with Crippen molar-refractivity contribution in [1.29, 1.82) is 0 Å². The van der Waals surface area contributed by atoms with Gasteiger partial charge < -0.3 is 5.73 Å². The molecule has 0 aliphatic rings. The number of hydrogen-bond donors (Lipinski definition) is 1. The van der Waals surface area contributed by atoms with Crippen LogP contribution in [0.1, 0.15) is 38.8 Å². The summed E-state index contributed by atoms with van der Waals surface area (Å²) in [6.07, 6.45) is 2.90. The Morgan fingerprint density at radius 3 is 2.71 bits per heavy atom. The molecule has 2 N–H and O–H groups in total. The molecule has 0 fully saturated rings. The van der Waals surface area contributed by atoms with Crippen LogP contribution in [0.5, 0.6) is 0 Å². The van der Waals surface area contributed by atoms with Crippen LogP contribution in [-0.4, -0.2) is 14.5 Å². The summed E-state index contributed by atoms with van der Waals surface area (Å²) in [5.41, 5.74) is 8.93. The number of fused-ring (bicyclic) bond motifs is 1. The zero-order chi connectivity index (χ0) is 12.6. The zero-order valence-corrected chi connectivity index (χ0v) is 10.9. The fourth-order valence-electron chi connectivity index (χ4n) is 2.38. The van der Waals surface area contributed by atoms with E-state index in [4.69, 9.17) is 5.73 Å². The van der Waals surface area contributed by atoms with Gasteiger partial charge in [0.15, 0.2) is 5.65 Å². The molecule has 0 amide bonds. The molecule has 4 heteroatoms. The number of imidazole rings is 1. The Bertz CT molecular complexity index is 527. The van der Waals surface area contributed by atoms with Gasteiger partial charge in [-0.1, -0.05) is 20.8 Å². The maximum absolute atomic E-state index is 6.03. The Kier molecular flexibility index (Phi) is 3.05. The molecule has 0 saturated heterocycles. The number of hydrogen-bond acceptors (Lipinski definition) is 3. The summed E-state index contributed by atoms with van der Waals surface area (Å²) in [7, 11) is 0. The summed E-state index contributed by atoms with van der Waals surface area (Å²) in [4.78, 5) is 8.88. The van der Waals surface area contributed by atoms with E-state index >= 15 is 0 Å². The number of nitrogen functional groups attached to an aromatic ring is 1. The van der Waals surface area contributed by atoms with Crippen LogP contribution < -0.4 is 5.73 Å². The molecule has 0 saturated carbocycles. The van der Waals surface area contributed by atoms with Crippen LogP contribution in [0.25, 0.3) is 11.2 Å². The second kappa shape index (κ2) is 4.35. The third-order valence-corrected chi connectivity index (χ3v) is 3.21. The molecule has 0 aliphatic carbocycles. The van der Waals surface area contributed by atoms with Crippen LogP contribution in [0.2, 0.25) is 0 Å². The van der Waals surface area contributed by atoms with Crippen LogP contribution in [0, 0.1) is 12.8 Å². The predicted molar refractivity (Wildman–Crippen MR) is 70.8 cm³/mol. The summed E-state index contributed by atoms with van der Waals surface area (Å²) < 4.78 is 2.07. The highest BCUT2D eigenvalue weighted by Gasteiger charge is 2.20. The highest BCUT2D eigenvalue weighted by molar-refractivity contribution is 5.74. The predicted octanol–water partition coefficient (Wildman–Crippen LogP) is 2.93. The lowest BCUT2D eigenvalue weighted by Gasteiger charge is -2.22. The highest BCUT2D eigenvalue weighted by Crippen LogP contribution is 2.28. The minimum Gasteiger partial charge on any atom is -0.369 e. The minimum absolute atomic E-state index is 0.357. The lowest BCUT2D eigenvalue weighted by molar-refractivity contribution is 0.376. The van der Waals surface area contributed by atoms with E-state index in [-0.39, 0.29) is 0 Å². The largest absolute Gasteiger partial charge is 0.369 e. The van der Waals surface area contributed by atoms with Gasteiger partial charge in [-0.2, -0.15) is 0 Å². The number of nitrogens with zero attached hydrogens (tertiary/aromatic N) is 3. The van der Waals surface area contributed by atoms with Crippen LogP contribution >= 0.6 is 0 Å². The van der Waals surface area contributed by atoms with E-state index in [1.165, 1.54) is 0 Å². The smallest absolute Gasteiger partial charge is 0.202 e. The summed E-state index contributed by atoms with van der Waals surface area (Å²) >= 11 is 0. The molecule has 0 aliphatic heterocycles. The normalized spacial score (nSPS) is 13.5. The number of rotatable bonds is 3. The molecule has 2 aromatic rings. The van der Waals surface area contributed by atoms with Gasteiger partial charge in [0.1, 0.15) is 5.52 Å². The van der Waals surface area contributed by atoms with E-state index in [1.54, 1.807) is 0 Å². The average molecular weight is 232 g/mol. The fraction of sp³-hybridized carbons (Fsp3) is 0.538. The average Bonchev–Trinajstić information content (AvgIpc) is 2.55. The van der Waals surface area contributed by atoms with Crippen molar-refractivity contribution in [2.45, 2.75) is 40.2 Å². The Morgan fingerprint density at radius 1 is 1.41 bits per heavy atom. The lowest BCUT2D eigenvalue weighted by Crippen LogP contribution is -2.16. The molecular weight excluding hydrogens is 212 g/mol. The van der Waals surface area contributed by atoms with Gasteiger partial charge in [0.05, 0.1) is 0 Å². The maximum atomic E-state index is 6.03. The molecule has 17 heavy (non-hydrogen) atoms. The van der Waals surface area contributed by atoms with Gasteiger partial charge >= 0.3 is 0 Å². The molecule has 1 atom stereocenters. The topological polar surface area (TPSA) is 56.7 Å². The van der Waals surface area contributed by atoms with E-state index in [0.29, 0.717) is 17.9 Å². The SMILES string of the molecule is CCC(C(C)C)n1c(N)nc2cc(C)cnc21. The molecule has 2 aromatic heterocycles. The minimum atomic E-state index is 0.357. The van der Waals surface area contributed by atoms with Crippen LogP contribution in [0.3, 0.4) is 0 Å². The summed E-state index contributed by atoms with van der Waals surface area (Å²) in [5.74, 6) is 1.08. The van der Waals surface area contributed by atoms with Gasteiger partial charge in [0.25, 0.3) is 0 Å². The van der Waals surface area contributed by atoms with E-state index in [0.717, 1.165) is 23.1 Å². The maximum Gasteiger partial charge on any atom is 0.202 e. The highest BCUT2D eigenvalue weighted by atomic mass is 15.2. The Hall–Kier alpha value is -1.58. The molecule has 4 nitrogen and oxygen atoms in total. The van der Waals surface area contributed by atoms with Crippen molar-refractivity contribution >= 4 is 17.1 Å². The van der Waals surface area contributed by atoms with E-state index in [9.17, 15) is 0 Å². The van der Waals surface area contributed by atoms with Crippen LogP contribution in [-0.2, 0) is 0 Å². The van der Waals surface area contributed by atoms with Gasteiger partial charge in [-0.05, 0) is 30.9 Å². The first-order chi connectivity index (χ1) is 8.04. The first kappa shape index (κ1) is 11.9. The standard InChI is InChI=1S/C13H20N4/c1-5-11(8(2)3)17-12-10(16-13(17)14)6-9(4)7-15-12/h6-8,11H,5H2,1-4H3,(H2,14,16). The molecule has 0 spiro atoms. The molecule has 2 rings (SSSR count). The van der Waals surface area contributed by atoms with Crippen molar-refractivity contribution in [2.75, 3.05) is 5.73 Å².